The SMILES string of the molecule is Cn1cnc2c1CCCC2CN. The van der Waals surface area contributed by atoms with Crippen LogP contribution in [0.3, 0.4) is 0 Å². The van der Waals surface area contributed by atoms with Gasteiger partial charge in [-0.15, -0.1) is 0 Å². The van der Waals surface area contributed by atoms with Crippen molar-refractivity contribution in [3.05, 3.63) is 17.7 Å². The summed E-state index contributed by atoms with van der Waals surface area (Å²) < 4.78 is 2.12. The van der Waals surface area contributed by atoms with Crippen LogP contribution in [0.25, 0.3) is 0 Å². The Hall–Kier alpha value is -0.830. The molecule has 3 nitrogen and oxygen atoms in total. The zero-order chi connectivity index (χ0) is 8.55. The van der Waals surface area contributed by atoms with E-state index in [1.54, 1.807) is 0 Å². The number of aryl methyl sites for hydroxylation is 1. The highest BCUT2D eigenvalue weighted by atomic mass is 15.0. The zero-order valence-electron chi connectivity index (χ0n) is 7.45. The molecule has 66 valence electrons. The lowest BCUT2D eigenvalue weighted by molar-refractivity contribution is 0.537. The Morgan fingerprint density at radius 2 is 2.58 bits per heavy atom. The molecule has 3 heteroatoms. The summed E-state index contributed by atoms with van der Waals surface area (Å²) in [7, 11) is 2.06. The van der Waals surface area contributed by atoms with Crippen LogP contribution >= 0.6 is 0 Å². The number of imidazole rings is 1. The van der Waals surface area contributed by atoms with Gasteiger partial charge in [-0.3, -0.25) is 0 Å². The van der Waals surface area contributed by atoms with Crippen LogP contribution in [-0.2, 0) is 13.5 Å². The van der Waals surface area contributed by atoms with Crippen molar-refractivity contribution in [2.45, 2.75) is 25.2 Å². The largest absolute Gasteiger partial charge is 0.337 e. The van der Waals surface area contributed by atoms with E-state index in [0.29, 0.717) is 5.92 Å². The molecule has 1 unspecified atom stereocenters. The number of fused-ring (bicyclic) bond motifs is 1. The molecule has 0 amide bonds. The summed E-state index contributed by atoms with van der Waals surface area (Å²) in [5.74, 6) is 0.509. The van der Waals surface area contributed by atoms with E-state index in [2.05, 4.69) is 16.6 Å². The number of hydrogen-bond donors (Lipinski definition) is 1. The maximum Gasteiger partial charge on any atom is 0.0949 e. The smallest absolute Gasteiger partial charge is 0.0949 e. The monoisotopic (exact) mass is 165 g/mol. The van der Waals surface area contributed by atoms with Crippen molar-refractivity contribution in [1.82, 2.24) is 9.55 Å². The predicted octanol–water partition coefficient (Wildman–Crippen LogP) is 0.799. The maximum absolute atomic E-state index is 5.68. The topological polar surface area (TPSA) is 43.8 Å². The summed E-state index contributed by atoms with van der Waals surface area (Å²) in [5.41, 5.74) is 8.31. The number of nitrogens with zero attached hydrogens (tertiary/aromatic N) is 2. The molecule has 1 aliphatic carbocycles. The fourth-order valence-electron chi connectivity index (χ4n) is 2.00. The molecule has 0 fully saturated rings. The summed E-state index contributed by atoms with van der Waals surface area (Å²) in [4.78, 5) is 4.39. The van der Waals surface area contributed by atoms with Crippen LogP contribution in [0, 0.1) is 0 Å². The molecular formula is C9H15N3. The minimum atomic E-state index is 0.509. The highest BCUT2D eigenvalue weighted by Gasteiger charge is 2.22. The van der Waals surface area contributed by atoms with E-state index in [1.165, 1.54) is 30.7 Å². The average molecular weight is 165 g/mol. The van der Waals surface area contributed by atoms with Crippen LogP contribution < -0.4 is 5.73 Å². The van der Waals surface area contributed by atoms with Gasteiger partial charge in [0.25, 0.3) is 0 Å². The van der Waals surface area contributed by atoms with Crippen molar-refractivity contribution in [3.8, 4) is 0 Å². The number of aromatic nitrogens is 2. The molecule has 1 aliphatic rings. The lowest BCUT2D eigenvalue weighted by Gasteiger charge is -2.20. The summed E-state index contributed by atoms with van der Waals surface area (Å²) in [6, 6.07) is 0. The molecule has 0 saturated heterocycles. The molecule has 0 radical (unpaired) electrons. The predicted molar refractivity (Wildman–Crippen MR) is 47.9 cm³/mol. The third-order valence-corrected chi connectivity index (χ3v) is 2.73. The van der Waals surface area contributed by atoms with Gasteiger partial charge in [0.15, 0.2) is 0 Å². The molecule has 1 heterocycles. The Morgan fingerprint density at radius 3 is 3.33 bits per heavy atom. The Kier molecular flexibility index (Phi) is 1.89. The Labute approximate surface area is 72.6 Å². The van der Waals surface area contributed by atoms with Crippen molar-refractivity contribution < 1.29 is 0 Å². The van der Waals surface area contributed by atoms with Crippen LogP contribution in [0.5, 0.6) is 0 Å². The average Bonchev–Trinajstić information content (AvgIpc) is 2.48. The first-order valence-corrected chi connectivity index (χ1v) is 4.53. The lowest BCUT2D eigenvalue weighted by atomic mass is 9.90. The van der Waals surface area contributed by atoms with E-state index in [1.807, 2.05) is 6.33 Å². The van der Waals surface area contributed by atoms with Gasteiger partial charge in [0.2, 0.25) is 0 Å². The van der Waals surface area contributed by atoms with E-state index in [9.17, 15) is 0 Å². The van der Waals surface area contributed by atoms with Crippen molar-refractivity contribution in [3.63, 3.8) is 0 Å². The molecular weight excluding hydrogens is 150 g/mol. The zero-order valence-corrected chi connectivity index (χ0v) is 7.45. The normalized spacial score (nSPS) is 22.3. The molecule has 0 aromatic carbocycles. The first-order chi connectivity index (χ1) is 5.83. The van der Waals surface area contributed by atoms with Crippen LogP contribution in [0.2, 0.25) is 0 Å². The van der Waals surface area contributed by atoms with Gasteiger partial charge in [-0.05, 0) is 19.3 Å². The number of nitrogens with two attached hydrogens (primary N) is 1. The Bertz CT molecular complexity index is 277. The molecule has 2 N–H and O–H groups in total. The standard InChI is InChI=1S/C9H15N3/c1-12-6-11-9-7(5-10)3-2-4-8(9)12/h6-7H,2-5,10H2,1H3. The van der Waals surface area contributed by atoms with Gasteiger partial charge in [-0.2, -0.15) is 0 Å². The van der Waals surface area contributed by atoms with Gasteiger partial charge in [-0.25, -0.2) is 4.98 Å². The Morgan fingerprint density at radius 1 is 1.75 bits per heavy atom. The first-order valence-electron chi connectivity index (χ1n) is 4.53. The van der Waals surface area contributed by atoms with E-state index in [0.717, 1.165) is 6.54 Å². The Balaban J connectivity index is 2.38. The fraction of sp³-hybridized carbons (Fsp3) is 0.667. The lowest BCUT2D eigenvalue weighted by Crippen LogP contribution is -2.19. The summed E-state index contributed by atoms with van der Waals surface area (Å²) in [6.45, 7) is 0.740. The van der Waals surface area contributed by atoms with E-state index >= 15 is 0 Å². The highest BCUT2D eigenvalue weighted by molar-refractivity contribution is 5.21. The third-order valence-electron chi connectivity index (χ3n) is 2.73. The number of hydrogen-bond acceptors (Lipinski definition) is 2. The van der Waals surface area contributed by atoms with Gasteiger partial charge < -0.3 is 10.3 Å². The molecule has 1 atom stereocenters. The van der Waals surface area contributed by atoms with Gasteiger partial charge in [0.05, 0.1) is 12.0 Å². The van der Waals surface area contributed by atoms with Crippen LogP contribution in [0.4, 0.5) is 0 Å². The van der Waals surface area contributed by atoms with E-state index in [4.69, 9.17) is 5.73 Å². The molecule has 12 heavy (non-hydrogen) atoms. The van der Waals surface area contributed by atoms with Crippen molar-refractivity contribution in [2.24, 2.45) is 12.8 Å². The van der Waals surface area contributed by atoms with Gasteiger partial charge in [-0.1, -0.05) is 0 Å². The minimum Gasteiger partial charge on any atom is -0.337 e. The first kappa shape index (κ1) is 7.80. The highest BCUT2D eigenvalue weighted by Crippen LogP contribution is 2.28. The van der Waals surface area contributed by atoms with Crippen molar-refractivity contribution in [2.75, 3.05) is 6.54 Å². The maximum atomic E-state index is 5.68. The van der Waals surface area contributed by atoms with Crippen LogP contribution in [0.15, 0.2) is 6.33 Å². The molecule has 0 aliphatic heterocycles. The number of rotatable bonds is 1. The summed E-state index contributed by atoms with van der Waals surface area (Å²) in [6.07, 6.45) is 5.54. The quantitative estimate of drug-likeness (QED) is 0.669. The molecule has 0 bridgehead atoms. The third kappa shape index (κ3) is 1.05. The van der Waals surface area contributed by atoms with Crippen LogP contribution in [0.1, 0.15) is 30.1 Å². The second-order valence-electron chi connectivity index (χ2n) is 3.51. The molecule has 2 rings (SSSR count). The molecule has 0 spiro atoms. The van der Waals surface area contributed by atoms with Gasteiger partial charge >= 0.3 is 0 Å². The fourth-order valence-corrected chi connectivity index (χ4v) is 2.00. The minimum absolute atomic E-state index is 0.509. The van der Waals surface area contributed by atoms with Gasteiger partial charge in [0, 0.05) is 25.2 Å². The summed E-state index contributed by atoms with van der Waals surface area (Å²) in [5, 5.41) is 0. The van der Waals surface area contributed by atoms with Gasteiger partial charge in [0.1, 0.15) is 0 Å². The molecule has 1 aromatic heterocycles. The van der Waals surface area contributed by atoms with E-state index < -0.39 is 0 Å². The van der Waals surface area contributed by atoms with Crippen molar-refractivity contribution in [1.29, 1.82) is 0 Å². The second-order valence-corrected chi connectivity index (χ2v) is 3.51. The van der Waals surface area contributed by atoms with Crippen LogP contribution in [-0.4, -0.2) is 16.1 Å². The molecule has 0 saturated carbocycles. The second kappa shape index (κ2) is 2.90. The van der Waals surface area contributed by atoms with Crippen molar-refractivity contribution >= 4 is 0 Å². The van der Waals surface area contributed by atoms with E-state index in [-0.39, 0.29) is 0 Å². The molecule has 1 aromatic rings. The summed E-state index contributed by atoms with van der Waals surface area (Å²) >= 11 is 0.